The summed E-state index contributed by atoms with van der Waals surface area (Å²) < 4.78 is 43.1. The van der Waals surface area contributed by atoms with Crippen molar-refractivity contribution < 1.29 is 22.7 Å². The molecular weight excluding hydrogens is 285 g/mol. The van der Waals surface area contributed by atoms with E-state index in [2.05, 4.69) is 10.1 Å². The lowest BCUT2D eigenvalue weighted by atomic mass is 9.93. The van der Waals surface area contributed by atoms with E-state index in [9.17, 15) is 18.0 Å². The van der Waals surface area contributed by atoms with Crippen LogP contribution < -0.4 is 5.32 Å². The first-order valence-corrected chi connectivity index (χ1v) is 6.05. The monoisotopic (exact) mass is 300 g/mol. The molecule has 0 aliphatic carbocycles. The van der Waals surface area contributed by atoms with Gasteiger partial charge in [0.05, 0.1) is 29.7 Å². The number of hydrogen-bond acceptors (Lipinski definition) is 4. The van der Waals surface area contributed by atoms with E-state index in [0.717, 1.165) is 12.1 Å². The number of hydrogen-bond donors (Lipinski definition) is 1. The second-order valence-corrected chi connectivity index (χ2v) is 5.10. The minimum atomic E-state index is -4.61. The molecular formula is C14H15F3N2O2. The molecule has 1 N–H and O–H groups in total. The number of nitrogens with zero attached hydrogens (tertiary/aromatic N) is 1. The van der Waals surface area contributed by atoms with Crippen LogP contribution in [0.15, 0.2) is 18.2 Å². The fraction of sp³-hybridized carbons (Fsp3) is 0.429. The Morgan fingerprint density at radius 3 is 2.48 bits per heavy atom. The maximum atomic E-state index is 12.8. The van der Waals surface area contributed by atoms with E-state index in [1.165, 1.54) is 19.2 Å². The Labute approximate surface area is 120 Å². The summed E-state index contributed by atoms with van der Waals surface area (Å²) in [4.78, 5) is 11.5. The number of ether oxygens (including phenoxy) is 1. The third kappa shape index (κ3) is 4.12. The quantitative estimate of drug-likeness (QED) is 0.867. The Morgan fingerprint density at radius 1 is 1.38 bits per heavy atom. The molecule has 0 fully saturated rings. The minimum Gasteiger partial charge on any atom is -0.469 e. The van der Waals surface area contributed by atoms with Crippen molar-refractivity contribution in [3.8, 4) is 6.07 Å². The number of benzene rings is 1. The predicted octanol–water partition coefficient (Wildman–Crippen LogP) is 3.19. The standard InChI is InChI=1S/C14H15F3N2O2/c1-13(2,12(20)21-3)8-19-10-5-4-9(7-18)11(6-10)14(15,16)17/h4-6,19H,8H2,1-3H3. The summed E-state index contributed by atoms with van der Waals surface area (Å²) in [5.74, 6) is -0.473. The molecule has 1 aromatic rings. The number of nitrogens with one attached hydrogen (secondary N) is 1. The highest BCUT2D eigenvalue weighted by molar-refractivity contribution is 5.76. The average molecular weight is 300 g/mol. The topological polar surface area (TPSA) is 62.1 Å². The van der Waals surface area contributed by atoms with Crippen molar-refractivity contribution >= 4 is 11.7 Å². The minimum absolute atomic E-state index is 0.100. The molecule has 0 atom stereocenters. The van der Waals surface area contributed by atoms with Gasteiger partial charge in [-0.2, -0.15) is 18.4 Å². The van der Waals surface area contributed by atoms with Crippen molar-refractivity contribution in [3.05, 3.63) is 29.3 Å². The summed E-state index contributed by atoms with van der Waals surface area (Å²) in [5.41, 5.74) is -2.16. The van der Waals surface area contributed by atoms with Crippen molar-refractivity contribution in [2.45, 2.75) is 20.0 Å². The summed E-state index contributed by atoms with van der Waals surface area (Å²) in [5, 5.41) is 11.5. The van der Waals surface area contributed by atoms with E-state index in [4.69, 9.17) is 5.26 Å². The molecule has 0 saturated heterocycles. The van der Waals surface area contributed by atoms with Gasteiger partial charge in [-0.05, 0) is 32.0 Å². The lowest BCUT2D eigenvalue weighted by molar-refractivity contribution is -0.150. The molecule has 1 aromatic carbocycles. The van der Waals surface area contributed by atoms with Gasteiger partial charge < -0.3 is 10.1 Å². The highest BCUT2D eigenvalue weighted by atomic mass is 19.4. The second-order valence-electron chi connectivity index (χ2n) is 5.10. The third-order valence-corrected chi connectivity index (χ3v) is 2.92. The van der Waals surface area contributed by atoms with Crippen LogP contribution >= 0.6 is 0 Å². The molecule has 7 heteroatoms. The number of carbonyl (C=O) groups excluding carboxylic acids is 1. The van der Waals surface area contributed by atoms with E-state index >= 15 is 0 Å². The summed E-state index contributed by atoms with van der Waals surface area (Å²) in [6.07, 6.45) is -4.61. The Kier molecular flexibility index (Phi) is 4.84. The number of anilines is 1. The number of halogens is 3. The van der Waals surface area contributed by atoms with E-state index in [1.807, 2.05) is 0 Å². The first kappa shape index (κ1) is 16.8. The van der Waals surface area contributed by atoms with Crippen LogP contribution in [-0.4, -0.2) is 19.6 Å². The number of nitriles is 1. The number of alkyl halides is 3. The van der Waals surface area contributed by atoms with E-state index in [1.54, 1.807) is 13.8 Å². The third-order valence-electron chi connectivity index (χ3n) is 2.92. The van der Waals surface area contributed by atoms with Crippen molar-refractivity contribution in [1.29, 1.82) is 5.26 Å². The van der Waals surface area contributed by atoms with Gasteiger partial charge in [-0.25, -0.2) is 0 Å². The summed E-state index contributed by atoms with van der Waals surface area (Å²) >= 11 is 0. The van der Waals surface area contributed by atoms with Crippen LogP contribution in [0, 0.1) is 16.7 Å². The zero-order valence-corrected chi connectivity index (χ0v) is 11.8. The highest BCUT2D eigenvalue weighted by Crippen LogP contribution is 2.33. The lowest BCUT2D eigenvalue weighted by Gasteiger charge is -2.22. The van der Waals surface area contributed by atoms with Gasteiger partial charge in [0.1, 0.15) is 0 Å². The SMILES string of the molecule is COC(=O)C(C)(C)CNc1ccc(C#N)c(C(F)(F)F)c1. The van der Waals surface area contributed by atoms with Crippen LogP contribution in [0.1, 0.15) is 25.0 Å². The Morgan fingerprint density at radius 2 is 2.00 bits per heavy atom. The normalized spacial score (nSPS) is 11.7. The highest BCUT2D eigenvalue weighted by Gasteiger charge is 2.34. The molecule has 21 heavy (non-hydrogen) atoms. The summed E-state index contributed by atoms with van der Waals surface area (Å²) in [6.45, 7) is 3.32. The molecule has 0 amide bonds. The molecule has 0 heterocycles. The fourth-order valence-corrected chi connectivity index (χ4v) is 1.66. The number of rotatable bonds is 4. The van der Waals surface area contributed by atoms with Gasteiger partial charge in [0.2, 0.25) is 0 Å². The van der Waals surface area contributed by atoms with Gasteiger partial charge in [-0.3, -0.25) is 4.79 Å². The molecule has 0 aliphatic rings. The molecule has 0 aliphatic heterocycles. The van der Waals surface area contributed by atoms with Crippen LogP contribution in [0.3, 0.4) is 0 Å². The lowest BCUT2D eigenvalue weighted by Crippen LogP contribution is -2.33. The largest absolute Gasteiger partial charge is 0.469 e. The molecule has 0 bridgehead atoms. The van der Waals surface area contributed by atoms with Gasteiger partial charge in [0.25, 0.3) is 0 Å². The molecule has 0 saturated carbocycles. The number of esters is 1. The van der Waals surface area contributed by atoms with Gasteiger partial charge >= 0.3 is 12.1 Å². The predicted molar refractivity (Wildman–Crippen MR) is 70.4 cm³/mol. The van der Waals surface area contributed by atoms with Crippen LogP contribution in [0.2, 0.25) is 0 Å². The number of methoxy groups -OCH3 is 1. The van der Waals surface area contributed by atoms with Crippen molar-refractivity contribution in [3.63, 3.8) is 0 Å². The Balaban J connectivity index is 2.97. The summed E-state index contributed by atoms with van der Waals surface area (Å²) in [7, 11) is 1.24. The fourth-order valence-electron chi connectivity index (χ4n) is 1.66. The molecule has 0 spiro atoms. The maximum absolute atomic E-state index is 12.8. The molecule has 114 valence electrons. The number of carbonyl (C=O) groups is 1. The van der Waals surface area contributed by atoms with Gasteiger partial charge in [-0.1, -0.05) is 0 Å². The zero-order chi connectivity index (χ0) is 16.3. The summed E-state index contributed by atoms with van der Waals surface area (Å²) in [6, 6.07) is 4.82. The molecule has 0 aromatic heterocycles. The van der Waals surface area contributed by atoms with Gasteiger partial charge in [-0.15, -0.1) is 0 Å². The van der Waals surface area contributed by atoms with Crippen molar-refractivity contribution in [1.82, 2.24) is 0 Å². The van der Waals surface area contributed by atoms with Gasteiger partial charge in [0.15, 0.2) is 0 Å². The zero-order valence-electron chi connectivity index (χ0n) is 11.8. The smallest absolute Gasteiger partial charge is 0.417 e. The van der Waals surface area contributed by atoms with Crippen molar-refractivity contribution in [2.75, 3.05) is 19.0 Å². The molecule has 0 unspecified atom stereocenters. The average Bonchev–Trinajstić information content (AvgIpc) is 2.43. The van der Waals surface area contributed by atoms with Crippen molar-refractivity contribution in [2.24, 2.45) is 5.41 Å². The maximum Gasteiger partial charge on any atom is 0.417 e. The van der Waals surface area contributed by atoms with Crippen LogP contribution in [0.25, 0.3) is 0 Å². The Bertz CT molecular complexity index is 575. The first-order chi connectivity index (χ1) is 9.61. The molecule has 0 radical (unpaired) electrons. The molecule has 4 nitrogen and oxygen atoms in total. The van der Waals surface area contributed by atoms with Gasteiger partial charge in [0, 0.05) is 12.2 Å². The van der Waals surface area contributed by atoms with E-state index < -0.39 is 28.7 Å². The van der Waals surface area contributed by atoms with E-state index in [0.29, 0.717) is 0 Å². The Hall–Kier alpha value is -2.23. The van der Waals surface area contributed by atoms with Crippen LogP contribution in [0.4, 0.5) is 18.9 Å². The van der Waals surface area contributed by atoms with Crippen LogP contribution in [0.5, 0.6) is 0 Å². The molecule has 1 rings (SSSR count). The second kappa shape index (κ2) is 6.04. The van der Waals surface area contributed by atoms with E-state index in [-0.39, 0.29) is 12.2 Å². The first-order valence-electron chi connectivity index (χ1n) is 6.05. The van der Waals surface area contributed by atoms with Crippen LogP contribution in [-0.2, 0) is 15.7 Å².